The number of piperidine rings is 1. The second kappa shape index (κ2) is 25.9. The van der Waals surface area contributed by atoms with Gasteiger partial charge in [0.05, 0.1) is 71.3 Å². The van der Waals surface area contributed by atoms with Crippen molar-refractivity contribution < 1.29 is 27.6 Å². The third kappa shape index (κ3) is 13.6. The van der Waals surface area contributed by atoms with E-state index in [1.165, 1.54) is 104 Å². The monoisotopic (exact) mass is 1210 g/mol. The Hall–Kier alpha value is -9.42. The smallest absolute Gasteiger partial charge is 0.275 e. The van der Waals surface area contributed by atoms with Gasteiger partial charge >= 0.3 is 0 Å². The summed E-state index contributed by atoms with van der Waals surface area (Å²) in [4.78, 5) is 81.7. The number of rotatable bonds is 12. The number of imidazole rings is 3. The van der Waals surface area contributed by atoms with E-state index in [0.717, 1.165) is 62.7 Å². The Morgan fingerprint density at radius 1 is 0.500 bits per heavy atom. The normalized spacial score (nSPS) is 16.5. The number of aromatic nitrogens is 12. The lowest BCUT2D eigenvalue weighted by atomic mass is 9.76. The number of fused-ring (bicyclic) bond motifs is 3. The first-order valence-corrected chi connectivity index (χ1v) is 29.8. The molecule has 3 saturated heterocycles. The van der Waals surface area contributed by atoms with Crippen molar-refractivity contribution in [2.24, 2.45) is 17.8 Å². The number of benzene rings is 1. The predicted molar refractivity (Wildman–Crippen MR) is 327 cm³/mol. The van der Waals surface area contributed by atoms with Crippen LogP contribution >= 0.6 is 11.6 Å². The molecule has 3 aliphatic heterocycles. The fourth-order valence-corrected chi connectivity index (χ4v) is 12.2. The standard InChI is InChI=1S/C28H30FN7O.C22H25FN6O.C13H9ClFN5O/c1-19-14-36-18-22(11-23(29)27(36)32-19)33-28(37)24-12-31-26(13-30-24)35-16-21(17-35)25-9-5-6-10-34(25)15-20-7-3-2-4-8-20;1-14-10-29-13-17(7-18(23)21(29)26-14)27-22(30)19-8-25-20(9-24-19)28-11-16(12-28)15-5-3-2-4-6-15;1-7-5-20-6-8(2-9(15)12(20)18-7)19-13(21)10-3-17-11(14)4-16-10/h2-4,7-8,11-14,18,21,25H,5-6,9-10,15-17H2,1H3,(H,33,37);7-10,13,15-16H,2-6,11-12H2,1H3,(H,27,30);2-6H,1H3,(H,19,21). The highest BCUT2D eigenvalue weighted by molar-refractivity contribution is 6.29. The van der Waals surface area contributed by atoms with E-state index in [4.69, 9.17) is 11.6 Å². The minimum atomic E-state index is -0.525. The predicted octanol–water partition coefficient (Wildman–Crippen LogP) is 10.6. The molecule has 1 saturated carbocycles. The summed E-state index contributed by atoms with van der Waals surface area (Å²) in [6, 6.07) is 15.0. The summed E-state index contributed by atoms with van der Waals surface area (Å²) in [6.45, 7) is 11.4. The fraction of sp³-hybridized carbons (Fsp3) is 0.333. The van der Waals surface area contributed by atoms with Gasteiger partial charge in [-0.15, -0.1) is 0 Å². The highest BCUT2D eigenvalue weighted by atomic mass is 35.5. The van der Waals surface area contributed by atoms with Crippen LogP contribution in [0.4, 0.5) is 41.9 Å². The summed E-state index contributed by atoms with van der Waals surface area (Å²) in [5.74, 6) is 0.912. The molecule has 21 nitrogen and oxygen atoms in total. The molecule has 1 aliphatic carbocycles. The molecule has 452 valence electrons. The lowest BCUT2D eigenvalue weighted by molar-refractivity contribution is 0.0787. The third-order valence-corrected chi connectivity index (χ3v) is 16.7. The molecule has 88 heavy (non-hydrogen) atoms. The van der Waals surface area contributed by atoms with Crippen LogP contribution in [-0.2, 0) is 6.54 Å². The van der Waals surface area contributed by atoms with E-state index in [1.54, 1.807) is 79.1 Å². The van der Waals surface area contributed by atoms with Crippen LogP contribution in [-0.4, -0.2) is 119 Å². The zero-order chi connectivity index (χ0) is 61.0. The van der Waals surface area contributed by atoms with E-state index in [1.807, 2.05) is 0 Å². The first-order valence-electron chi connectivity index (χ1n) is 29.4. The molecule has 0 bridgehead atoms. The van der Waals surface area contributed by atoms with E-state index in [-0.39, 0.29) is 39.2 Å². The summed E-state index contributed by atoms with van der Waals surface area (Å²) >= 11 is 5.60. The molecule has 9 aromatic heterocycles. The summed E-state index contributed by atoms with van der Waals surface area (Å²) in [5.41, 5.74) is 5.55. The molecular formula is C63H64ClF3N18O3. The Morgan fingerprint density at radius 2 is 0.932 bits per heavy atom. The minimum absolute atomic E-state index is 0.0849. The van der Waals surface area contributed by atoms with Crippen LogP contribution in [0.3, 0.4) is 0 Å². The Bertz CT molecular complexity index is 4130. The zero-order valence-corrected chi connectivity index (χ0v) is 49.5. The number of hydrogen-bond donors (Lipinski definition) is 3. The first-order chi connectivity index (χ1) is 42.6. The molecule has 12 heterocycles. The number of carbonyl (C=O) groups excluding carboxylic acids is 3. The number of carbonyl (C=O) groups is 3. The molecule has 4 fully saturated rings. The zero-order valence-electron chi connectivity index (χ0n) is 48.7. The molecule has 1 unspecified atom stereocenters. The molecule has 14 rings (SSSR count). The minimum Gasteiger partial charge on any atom is -0.355 e. The first kappa shape index (κ1) is 58.9. The molecule has 25 heteroatoms. The van der Waals surface area contributed by atoms with Crippen molar-refractivity contribution in [2.75, 3.05) is 58.5 Å². The number of aryl methyl sites for hydroxylation is 3. The van der Waals surface area contributed by atoms with Gasteiger partial charge in [0.1, 0.15) is 33.9 Å². The lowest BCUT2D eigenvalue weighted by Crippen LogP contribution is -2.58. The molecule has 1 aromatic carbocycles. The quantitative estimate of drug-likeness (QED) is 0.103. The van der Waals surface area contributed by atoms with E-state index in [2.05, 4.69) is 106 Å². The maximum Gasteiger partial charge on any atom is 0.275 e. The van der Waals surface area contributed by atoms with Gasteiger partial charge in [-0.3, -0.25) is 19.3 Å². The van der Waals surface area contributed by atoms with Crippen molar-refractivity contribution in [1.29, 1.82) is 0 Å². The maximum absolute atomic E-state index is 14.3. The summed E-state index contributed by atoms with van der Waals surface area (Å²) in [6.07, 6.45) is 29.3. The van der Waals surface area contributed by atoms with E-state index >= 15 is 0 Å². The molecule has 0 spiro atoms. The van der Waals surface area contributed by atoms with E-state index in [9.17, 15) is 27.6 Å². The lowest BCUT2D eigenvalue weighted by Gasteiger charge is -2.49. The van der Waals surface area contributed by atoms with E-state index < -0.39 is 35.2 Å². The Balaban J connectivity index is 0.000000133. The van der Waals surface area contributed by atoms with Crippen LogP contribution in [0.2, 0.25) is 5.15 Å². The van der Waals surface area contributed by atoms with Crippen LogP contribution in [0.15, 0.2) is 123 Å². The van der Waals surface area contributed by atoms with Crippen molar-refractivity contribution in [3.63, 3.8) is 0 Å². The number of likely N-dealkylation sites (tertiary alicyclic amines) is 1. The molecule has 10 aromatic rings. The maximum atomic E-state index is 14.3. The Labute approximate surface area is 509 Å². The molecule has 1 atom stereocenters. The highest BCUT2D eigenvalue weighted by Crippen LogP contribution is 2.37. The van der Waals surface area contributed by atoms with Crippen molar-refractivity contribution in [1.82, 2.24) is 63.0 Å². The SMILES string of the molecule is Cc1cn2cc(NC(=O)c3cnc(Cl)cn3)cc(F)c2n1.Cc1cn2cc(NC(=O)c3cnc(N4CC(C5CCCCC5)C4)cn3)cc(F)c2n1.Cc1cn2cc(NC(=O)c3cnc(N4CC(C5CCCCN5Cc5ccccc5)C4)cn3)cc(F)c2n1. The van der Waals surface area contributed by atoms with Crippen LogP contribution in [0.5, 0.6) is 0 Å². The average Bonchev–Trinajstić information content (AvgIpc) is 2.14. The Kier molecular flexibility index (Phi) is 17.3. The van der Waals surface area contributed by atoms with Crippen molar-refractivity contribution in [3.05, 3.63) is 185 Å². The molecular weight excluding hydrogens is 1150 g/mol. The van der Waals surface area contributed by atoms with Gasteiger partial charge in [0, 0.05) is 100 Å². The number of anilines is 5. The van der Waals surface area contributed by atoms with Crippen LogP contribution in [0.25, 0.3) is 16.9 Å². The van der Waals surface area contributed by atoms with Crippen LogP contribution < -0.4 is 25.8 Å². The number of nitrogens with zero attached hydrogens (tertiary/aromatic N) is 15. The molecule has 3 N–H and O–H groups in total. The largest absolute Gasteiger partial charge is 0.355 e. The highest BCUT2D eigenvalue weighted by Gasteiger charge is 2.39. The summed E-state index contributed by atoms with van der Waals surface area (Å²) in [7, 11) is 0. The number of amides is 3. The van der Waals surface area contributed by atoms with Gasteiger partial charge in [-0.2, -0.15) is 0 Å². The van der Waals surface area contributed by atoms with Gasteiger partial charge < -0.3 is 39.0 Å². The summed E-state index contributed by atoms with van der Waals surface area (Å²) < 4.78 is 47.0. The molecule has 3 amide bonds. The number of pyridine rings is 3. The second-order valence-corrected chi connectivity index (χ2v) is 23.3. The molecule has 4 aliphatic rings. The van der Waals surface area contributed by atoms with Gasteiger partial charge in [0.2, 0.25) is 0 Å². The van der Waals surface area contributed by atoms with Gasteiger partial charge in [-0.05, 0) is 57.6 Å². The van der Waals surface area contributed by atoms with Crippen molar-refractivity contribution in [2.45, 2.75) is 84.7 Å². The topological polar surface area (TPSA) is 226 Å². The number of hydrogen-bond acceptors (Lipinski definition) is 15. The van der Waals surface area contributed by atoms with Crippen LogP contribution in [0, 0.1) is 56.0 Å². The fourth-order valence-electron chi connectivity index (χ4n) is 12.1. The van der Waals surface area contributed by atoms with Crippen molar-refractivity contribution in [3.8, 4) is 0 Å². The van der Waals surface area contributed by atoms with E-state index in [0.29, 0.717) is 46.1 Å². The average molecular weight is 1210 g/mol. The van der Waals surface area contributed by atoms with Crippen molar-refractivity contribution >= 4 is 75.0 Å². The number of halogens is 4. The van der Waals surface area contributed by atoms with Gasteiger partial charge in [0.25, 0.3) is 17.7 Å². The summed E-state index contributed by atoms with van der Waals surface area (Å²) in [5, 5.41) is 8.12. The number of nitrogens with one attached hydrogen (secondary N) is 3. The second-order valence-electron chi connectivity index (χ2n) is 22.9. The Morgan fingerprint density at radius 3 is 1.36 bits per heavy atom. The third-order valence-electron chi connectivity index (χ3n) is 16.5. The van der Waals surface area contributed by atoms with Crippen LogP contribution in [0.1, 0.15) is 105 Å². The van der Waals surface area contributed by atoms with Gasteiger partial charge in [-0.25, -0.2) is 58.0 Å². The molecule has 0 radical (unpaired) electrons. The van der Waals surface area contributed by atoms with Gasteiger partial charge in [0.15, 0.2) is 34.4 Å². The van der Waals surface area contributed by atoms with Gasteiger partial charge in [-0.1, -0.05) is 80.5 Å².